The van der Waals surface area contributed by atoms with E-state index < -0.39 is 9.84 Å². The Balaban J connectivity index is 1.71. The van der Waals surface area contributed by atoms with Gasteiger partial charge in [0.1, 0.15) is 0 Å². The zero-order chi connectivity index (χ0) is 10.0. The minimum Gasteiger partial charge on any atom is -0.377 e. The van der Waals surface area contributed by atoms with E-state index in [1.54, 1.807) is 0 Å². The largest absolute Gasteiger partial charge is 0.377 e. The maximum absolute atomic E-state index is 11.2. The molecule has 0 radical (unpaired) electrons. The van der Waals surface area contributed by atoms with E-state index in [9.17, 15) is 8.42 Å². The van der Waals surface area contributed by atoms with E-state index in [0.717, 1.165) is 32.4 Å². The minimum absolute atomic E-state index is 0.157. The van der Waals surface area contributed by atoms with Gasteiger partial charge in [-0.1, -0.05) is 0 Å². The Morgan fingerprint density at radius 2 is 2.21 bits per heavy atom. The standard InChI is InChI=1S/C9H17NO3S/c11-14(12)5-3-8(7-14)10-6-9-2-1-4-13-9/h8-10H,1-7H2/t8-,9+/m1/s1. The Hall–Kier alpha value is -0.130. The summed E-state index contributed by atoms with van der Waals surface area (Å²) in [5.41, 5.74) is 0. The van der Waals surface area contributed by atoms with Gasteiger partial charge in [-0.3, -0.25) is 0 Å². The number of ether oxygens (including phenoxy) is 1. The van der Waals surface area contributed by atoms with Crippen LogP contribution >= 0.6 is 0 Å². The van der Waals surface area contributed by atoms with Crippen molar-refractivity contribution in [3.8, 4) is 0 Å². The highest BCUT2D eigenvalue weighted by Crippen LogP contribution is 2.14. The molecular formula is C9H17NO3S. The molecule has 2 atom stereocenters. The zero-order valence-corrected chi connectivity index (χ0v) is 9.05. The third-order valence-corrected chi connectivity index (χ3v) is 4.66. The van der Waals surface area contributed by atoms with Crippen molar-refractivity contribution in [3.05, 3.63) is 0 Å². The van der Waals surface area contributed by atoms with Crippen molar-refractivity contribution in [2.24, 2.45) is 0 Å². The van der Waals surface area contributed by atoms with Crippen LogP contribution < -0.4 is 5.32 Å². The van der Waals surface area contributed by atoms with Gasteiger partial charge in [0.25, 0.3) is 0 Å². The number of hydrogen-bond donors (Lipinski definition) is 1. The second-order valence-corrected chi connectivity index (χ2v) is 6.37. The molecule has 0 aromatic rings. The van der Waals surface area contributed by atoms with Crippen LogP contribution in [0.1, 0.15) is 19.3 Å². The molecule has 0 saturated carbocycles. The van der Waals surface area contributed by atoms with Crippen molar-refractivity contribution >= 4 is 9.84 Å². The van der Waals surface area contributed by atoms with E-state index in [4.69, 9.17) is 4.74 Å². The summed E-state index contributed by atoms with van der Waals surface area (Å²) in [4.78, 5) is 0. The fourth-order valence-electron chi connectivity index (χ4n) is 2.06. The molecule has 5 heteroatoms. The van der Waals surface area contributed by atoms with Crippen molar-refractivity contribution in [3.63, 3.8) is 0 Å². The number of nitrogens with one attached hydrogen (secondary N) is 1. The van der Waals surface area contributed by atoms with Crippen molar-refractivity contribution in [2.75, 3.05) is 24.7 Å². The molecule has 0 amide bonds. The molecule has 2 heterocycles. The van der Waals surface area contributed by atoms with E-state index in [1.165, 1.54) is 0 Å². The van der Waals surface area contributed by atoms with E-state index in [0.29, 0.717) is 17.6 Å². The Labute approximate surface area is 84.9 Å². The SMILES string of the molecule is O=S1(=O)CC[C@@H](NC[C@@H]2CCCO2)C1. The first-order valence-electron chi connectivity index (χ1n) is 5.21. The van der Waals surface area contributed by atoms with Crippen molar-refractivity contribution in [1.82, 2.24) is 5.32 Å². The van der Waals surface area contributed by atoms with Gasteiger partial charge < -0.3 is 10.1 Å². The van der Waals surface area contributed by atoms with Gasteiger partial charge in [-0.25, -0.2) is 8.42 Å². The van der Waals surface area contributed by atoms with Crippen LogP contribution in [0.25, 0.3) is 0 Å². The molecule has 14 heavy (non-hydrogen) atoms. The van der Waals surface area contributed by atoms with E-state index in [-0.39, 0.29) is 6.04 Å². The maximum atomic E-state index is 11.2. The smallest absolute Gasteiger partial charge is 0.151 e. The average Bonchev–Trinajstić information content (AvgIpc) is 2.70. The van der Waals surface area contributed by atoms with Crippen molar-refractivity contribution < 1.29 is 13.2 Å². The molecule has 1 N–H and O–H groups in total. The molecule has 2 aliphatic heterocycles. The molecule has 0 unspecified atom stereocenters. The Kier molecular flexibility index (Phi) is 3.09. The lowest BCUT2D eigenvalue weighted by atomic mass is 10.2. The van der Waals surface area contributed by atoms with Crippen molar-refractivity contribution in [2.45, 2.75) is 31.4 Å². The van der Waals surface area contributed by atoms with Crippen molar-refractivity contribution in [1.29, 1.82) is 0 Å². The molecule has 0 bridgehead atoms. The predicted octanol–water partition coefficient (Wildman–Crippen LogP) is -0.0579. The first-order valence-corrected chi connectivity index (χ1v) is 7.03. The molecule has 2 aliphatic rings. The van der Waals surface area contributed by atoms with Gasteiger partial charge in [-0.2, -0.15) is 0 Å². The highest BCUT2D eigenvalue weighted by molar-refractivity contribution is 7.91. The van der Waals surface area contributed by atoms with E-state index in [2.05, 4.69) is 5.32 Å². The monoisotopic (exact) mass is 219 g/mol. The second-order valence-electron chi connectivity index (χ2n) is 4.14. The first kappa shape index (κ1) is 10.4. The fourth-order valence-corrected chi connectivity index (χ4v) is 3.77. The lowest BCUT2D eigenvalue weighted by Gasteiger charge is -2.14. The second kappa shape index (κ2) is 4.16. The van der Waals surface area contributed by atoms with Crippen LogP contribution in [0.2, 0.25) is 0 Å². The Morgan fingerprint density at radius 1 is 1.36 bits per heavy atom. The van der Waals surface area contributed by atoms with E-state index >= 15 is 0 Å². The Bertz CT molecular complexity index is 282. The molecule has 82 valence electrons. The predicted molar refractivity (Wildman–Crippen MR) is 54.0 cm³/mol. The molecule has 2 rings (SSSR count). The molecule has 0 spiro atoms. The summed E-state index contributed by atoms with van der Waals surface area (Å²) in [5.74, 6) is 0.649. The summed E-state index contributed by atoms with van der Waals surface area (Å²) in [6.45, 7) is 1.66. The Morgan fingerprint density at radius 3 is 2.79 bits per heavy atom. The fraction of sp³-hybridized carbons (Fsp3) is 1.00. The van der Waals surface area contributed by atoms with Gasteiger partial charge in [0.2, 0.25) is 0 Å². The van der Waals surface area contributed by atoms with Gasteiger partial charge in [0.05, 0.1) is 17.6 Å². The lowest BCUT2D eigenvalue weighted by molar-refractivity contribution is 0.108. The highest BCUT2D eigenvalue weighted by Gasteiger charge is 2.28. The number of hydrogen-bond acceptors (Lipinski definition) is 4. The molecule has 2 fully saturated rings. The third kappa shape index (κ3) is 2.68. The molecule has 0 aliphatic carbocycles. The summed E-state index contributed by atoms with van der Waals surface area (Å²) < 4.78 is 27.8. The summed E-state index contributed by atoms with van der Waals surface area (Å²) in [5, 5.41) is 3.27. The van der Waals surface area contributed by atoms with Gasteiger partial charge in [-0.15, -0.1) is 0 Å². The summed E-state index contributed by atoms with van der Waals surface area (Å²) >= 11 is 0. The molecular weight excluding hydrogens is 202 g/mol. The third-order valence-electron chi connectivity index (χ3n) is 2.89. The van der Waals surface area contributed by atoms with Crippen LogP contribution in [-0.2, 0) is 14.6 Å². The van der Waals surface area contributed by atoms with Gasteiger partial charge in [0, 0.05) is 19.2 Å². The molecule has 4 nitrogen and oxygen atoms in total. The highest BCUT2D eigenvalue weighted by atomic mass is 32.2. The minimum atomic E-state index is -2.74. The topological polar surface area (TPSA) is 55.4 Å². The lowest BCUT2D eigenvalue weighted by Crippen LogP contribution is -2.36. The summed E-state index contributed by atoms with van der Waals surface area (Å²) in [7, 11) is -2.74. The normalized spacial score (nSPS) is 36.3. The van der Waals surface area contributed by atoms with Crippen LogP contribution in [0, 0.1) is 0 Å². The maximum Gasteiger partial charge on any atom is 0.151 e. The average molecular weight is 219 g/mol. The van der Waals surface area contributed by atoms with Crippen LogP contribution in [0.3, 0.4) is 0 Å². The van der Waals surface area contributed by atoms with E-state index in [1.807, 2.05) is 0 Å². The molecule has 2 saturated heterocycles. The van der Waals surface area contributed by atoms with Crippen LogP contribution in [0.5, 0.6) is 0 Å². The zero-order valence-electron chi connectivity index (χ0n) is 8.24. The van der Waals surface area contributed by atoms with Crippen LogP contribution in [0.15, 0.2) is 0 Å². The number of sulfone groups is 1. The first-order chi connectivity index (χ1) is 6.66. The molecule has 0 aromatic carbocycles. The van der Waals surface area contributed by atoms with Gasteiger partial charge >= 0.3 is 0 Å². The van der Waals surface area contributed by atoms with Gasteiger partial charge in [-0.05, 0) is 19.3 Å². The van der Waals surface area contributed by atoms with Gasteiger partial charge in [0.15, 0.2) is 9.84 Å². The molecule has 0 aromatic heterocycles. The number of rotatable bonds is 3. The van der Waals surface area contributed by atoms with Crippen LogP contribution in [-0.4, -0.2) is 45.2 Å². The summed E-state index contributed by atoms with van der Waals surface area (Å²) in [6, 6.07) is 0.157. The quantitative estimate of drug-likeness (QED) is 0.722. The summed E-state index contributed by atoms with van der Waals surface area (Å²) in [6.07, 6.45) is 3.30. The van der Waals surface area contributed by atoms with Crippen LogP contribution in [0.4, 0.5) is 0 Å².